The van der Waals surface area contributed by atoms with Crippen LogP contribution in [0.2, 0.25) is 0 Å². The highest BCUT2D eigenvalue weighted by atomic mass is 35.5. The minimum absolute atomic E-state index is 0. The van der Waals surface area contributed by atoms with Gasteiger partial charge in [0.05, 0.1) is 0 Å². The summed E-state index contributed by atoms with van der Waals surface area (Å²) in [6.45, 7) is 5.52. The van der Waals surface area contributed by atoms with E-state index < -0.39 is 6.04 Å². The molecule has 160 valence electrons. The predicted octanol–water partition coefficient (Wildman–Crippen LogP) is 2.09. The summed E-state index contributed by atoms with van der Waals surface area (Å²) in [4.78, 5) is 30.6. The molecule has 2 aromatic carbocycles. The van der Waals surface area contributed by atoms with Crippen LogP contribution in [0.3, 0.4) is 0 Å². The van der Waals surface area contributed by atoms with E-state index in [1.807, 2.05) is 53.4 Å². The summed E-state index contributed by atoms with van der Waals surface area (Å²) < 4.78 is 0. The summed E-state index contributed by atoms with van der Waals surface area (Å²) in [5.74, 6) is -0.260. The number of carbonyl (C=O) groups excluding carboxylic acids is 2. The van der Waals surface area contributed by atoms with Crippen molar-refractivity contribution < 1.29 is 9.59 Å². The molecule has 2 saturated heterocycles. The molecule has 30 heavy (non-hydrogen) atoms. The second-order valence-corrected chi connectivity index (χ2v) is 7.70. The maximum atomic E-state index is 13.4. The molecule has 0 bridgehead atoms. The number of rotatable bonds is 5. The predicted molar refractivity (Wildman–Crippen MR) is 120 cm³/mol. The number of amides is 2. The molecule has 0 radical (unpaired) electrons. The monoisotopic (exact) mass is 428 g/mol. The molecule has 6 nitrogen and oxygen atoms in total. The standard InChI is InChI=1S/C23H28N4O2.ClH/c28-22(19-9-5-2-6-10-19)25-21(18-7-3-1-4-8-18)23(29)27-14-11-20(17-27)26-15-12-24-13-16-26;/h1-10,20-21,24H,11-17H2,(H,25,28);1H. The summed E-state index contributed by atoms with van der Waals surface area (Å²) in [7, 11) is 0. The van der Waals surface area contributed by atoms with Crippen LogP contribution in [0, 0.1) is 0 Å². The molecule has 7 heteroatoms. The van der Waals surface area contributed by atoms with Crippen molar-refractivity contribution in [1.29, 1.82) is 0 Å². The van der Waals surface area contributed by atoms with Gasteiger partial charge in [0.25, 0.3) is 5.91 Å². The van der Waals surface area contributed by atoms with Gasteiger partial charge in [-0.25, -0.2) is 0 Å². The lowest BCUT2D eigenvalue weighted by Gasteiger charge is -2.33. The maximum absolute atomic E-state index is 13.4. The van der Waals surface area contributed by atoms with Gasteiger partial charge in [-0.3, -0.25) is 14.5 Å². The van der Waals surface area contributed by atoms with E-state index in [-0.39, 0.29) is 24.2 Å². The van der Waals surface area contributed by atoms with Crippen molar-refractivity contribution in [3.05, 3.63) is 71.8 Å². The first-order valence-electron chi connectivity index (χ1n) is 10.4. The Bertz CT molecular complexity index is 828. The van der Waals surface area contributed by atoms with Gasteiger partial charge in [0.2, 0.25) is 5.91 Å². The van der Waals surface area contributed by atoms with Crippen LogP contribution in [0.25, 0.3) is 0 Å². The Labute approximate surface area is 184 Å². The molecule has 2 N–H and O–H groups in total. The van der Waals surface area contributed by atoms with Crippen molar-refractivity contribution in [3.63, 3.8) is 0 Å². The van der Waals surface area contributed by atoms with Crippen molar-refractivity contribution in [3.8, 4) is 0 Å². The van der Waals surface area contributed by atoms with Gasteiger partial charge >= 0.3 is 0 Å². The van der Waals surface area contributed by atoms with Gasteiger partial charge in [-0.1, -0.05) is 48.5 Å². The quantitative estimate of drug-likeness (QED) is 0.765. The van der Waals surface area contributed by atoms with E-state index in [1.54, 1.807) is 12.1 Å². The topological polar surface area (TPSA) is 64.7 Å². The molecule has 4 rings (SSSR count). The molecule has 2 aromatic rings. The van der Waals surface area contributed by atoms with E-state index in [2.05, 4.69) is 15.5 Å². The molecule has 2 aliphatic heterocycles. The Balaban J connectivity index is 0.00000256. The van der Waals surface area contributed by atoms with E-state index in [0.717, 1.165) is 51.3 Å². The lowest BCUT2D eigenvalue weighted by atomic mass is 10.0. The molecular formula is C23H29ClN4O2. The summed E-state index contributed by atoms with van der Waals surface area (Å²) >= 11 is 0. The minimum atomic E-state index is -0.675. The van der Waals surface area contributed by atoms with Crippen molar-refractivity contribution >= 4 is 24.2 Å². The smallest absolute Gasteiger partial charge is 0.252 e. The van der Waals surface area contributed by atoms with Gasteiger partial charge in [-0.15, -0.1) is 12.4 Å². The maximum Gasteiger partial charge on any atom is 0.252 e. The fraction of sp³-hybridized carbons (Fsp3) is 0.391. The molecular weight excluding hydrogens is 400 g/mol. The molecule has 2 fully saturated rings. The second kappa shape index (κ2) is 10.6. The van der Waals surface area contributed by atoms with Gasteiger partial charge in [-0.05, 0) is 24.1 Å². The summed E-state index contributed by atoms with van der Waals surface area (Å²) in [6.07, 6.45) is 0.986. The normalized spacial score (nSPS) is 20.3. The Hall–Kier alpha value is -2.41. The highest BCUT2D eigenvalue weighted by Gasteiger charge is 2.35. The van der Waals surface area contributed by atoms with Crippen LogP contribution >= 0.6 is 12.4 Å². The third kappa shape index (κ3) is 5.19. The number of piperazine rings is 1. The highest BCUT2D eigenvalue weighted by molar-refractivity contribution is 5.97. The number of nitrogens with one attached hydrogen (secondary N) is 2. The van der Waals surface area contributed by atoms with Crippen molar-refractivity contribution in [2.24, 2.45) is 0 Å². The zero-order chi connectivity index (χ0) is 20.1. The molecule has 2 amide bonds. The molecule has 2 atom stereocenters. The molecule has 0 saturated carbocycles. The Morgan fingerprint density at radius 3 is 2.23 bits per heavy atom. The first kappa shape index (κ1) is 22.3. The zero-order valence-electron chi connectivity index (χ0n) is 17.0. The van der Waals surface area contributed by atoms with Crippen LogP contribution in [0.4, 0.5) is 0 Å². The summed E-state index contributed by atoms with van der Waals surface area (Å²) in [5.41, 5.74) is 1.37. The van der Waals surface area contributed by atoms with Gasteiger partial charge in [0.15, 0.2) is 0 Å². The number of nitrogens with zero attached hydrogens (tertiary/aromatic N) is 2. The average molecular weight is 429 g/mol. The zero-order valence-corrected chi connectivity index (χ0v) is 17.8. The average Bonchev–Trinajstić information content (AvgIpc) is 3.29. The molecule has 2 aliphatic rings. The first-order chi connectivity index (χ1) is 14.2. The van der Waals surface area contributed by atoms with E-state index in [4.69, 9.17) is 0 Å². The van der Waals surface area contributed by atoms with Crippen LogP contribution in [-0.4, -0.2) is 66.9 Å². The SMILES string of the molecule is Cl.O=C(NC(C(=O)N1CCC(N2CCNCC2)C1)c1ccccc1)c1ccccc1. The largest absolute Gasteiger partial charge is 0.339 e. The first-order valence-corrected chi connectivity index (χ1v) is 10.4. The third-order valence-electron chi connectivity index (χ3n) is 5.83. The number of hydrogen-bond acceptors (Lipinski definition) is 4. The molecule has 2 heterocycles. The fourth-order valence-electron chi connectivity index (χ4n) is 4.21. The van der Waals surface area contributed by atoms with Crippen LogP contribution < -0.4 is 10.6 Å². The van der Waals surface area contributed by atoms with E-state index in [1.165, 1.54) is 0 Å². The van der Waals surface area contributed by atoms with Gasteiger partial charge in [0.1, 0.15) is 6.04 Å². The van der Waals surface area contributed by atoms with E-state index in [0.29, 0.717) is 11.6 Å². The van der Waals surface area contributed by atoms with Crippen LogP contribution in [0.5, 0.6) is 0 Å². The number of benzene rings is 2. The van der Waals surface area contributed by atoms with Crippen LogP contribution in [0.15, 0.2) is 60.7 Å². The fourth-order valence-corrected chi connectivity index (χ4v) is 4.21. The van der Waals surface area contributed by atoms with Gasteiger partial charge < -0.3 is 15.5 Å². The number of likely N-dealkylation sites (tertiary alicyclic amines) is 1. The van der Waals surface area contributed by atoms with Crippen molar-refractivity contribution in [2.45, 2.75) is 18.5 Å². The summed E-state index contributed by atoms with van der Waals surface area (Å²) in [5, 5.41) is 6.35. The Morgan fingerprint density at radius 2 is 1.57 bits per heavy atom. The third-order valence-corrected chi connectivity index (χ3v) is 5.83. The Morgan fingerprint density at radius 1 is 0.933 bits per heavy atom. The number of halogens is 1. The van der Waals surface area contributed by atoms with Crippen molar-refractivity contribution in [2.75, 3.05) is 39.3 Å². The van der Waals surface area contributed by atoms with Gasteiger partial charge in [0, 0.05) is 50.9 Å². The second-order valence-electron chi connectivity index (χ2n) is 7.70. The van der Waals surface area contributed by atoms with Crippen molar-refractivity contribution in [1.82, 2.24) is 20.4 Å². The number of carbonyl (C=O) groups is 2. The Kier molecular flexibility index (Phi) is 7.85. The molecule has 0 aliphatic carbocycles. The van der Waals surface area contributed by atoms with Crippen LogP contribution in [0.1, 0.15) is 28.4 Å². The molecule has 2 unspecified atom stereocenters. The van der Waals surface area contributed by atoms with E-state index >= 15 is 0 Å². The van der Waals surface area contributed by atoms with E-state index in [9.17, 15) is 9.59 Å². The lowest BCUT2D eigenvalue weighted by molar-refractivity contribution is -0.132. The number of hydrogen-bond donors (Lipinski definition) is 2. The van der Waals surface area contributed by atoms with Gasteiger partial charge in [-0.2, -0.15) is 0 Å². The summed E-state index contributed by atoms with van der Waals surface area (Å²) in [6, 6.07) is 18.3. The minimum Gasteiger partial charge on any atom is -0.339 e. The lowest BCUT2D eigenvalue weighted by Crippen LogP contribution is -2.50. The molecule has 0 aromatic heterocycles. The molecule has 0 spiro atoms. The highest BCUT2D eigenvalue weighted by Crippen LogP contribution is 2.22. The van der Waals surface area contributed by atoms with Crippen LogP contribution in [-0.2, 0) is 4.79 Å².